The zero-order valence-electron chi connectivity index (χ0n) is 8.31. The fraction of sp³-hybridized carbons (Fsp3) is 0. The van der Waals surface area contributed by atoms with E-state index in [0.29, 0.717) is 0 Å². The minimum absolute atomic E-state index is 0.772. The summed E-state index contributed by atoms with van der Waals surface area (Å²) in [5.74, 6) is 0. The summed E-state index contributed by atoms with van der Waals surface area (Å²) in [7, 11) is 0. The van der Waals surface area contributed by atoms with Gasteiger partial charge in [0.1, 0.15) is 11.8 Å². The van der Waals surface area contributed by atoms with Crippen LogP contribution < -0.4 is 0 Å². The van der Waals surface area contributed by atoms with E-state index in [4.69, 9.17) is 16.6 Å². The fourth-order valence-corrected chi connectivity index (χ4v) is 1.99. The van der Waals surface area contributed by atoms with Crippen molar-refractivity contribution in [1.29, 1.82) is 0 Å². The summed E-state index contributed by atoms with van der Waals surface area (Å²) in [6, 6.07) is 9.60. The molecule has 3 aromatic rings. The molecule has 3 nitrogen and oxygen atoms in total. The molecule has 0 spiro atoms. The van der Waals surface area contributed by atoms with E-state index < -0.39 is 0 Å². The molecule has 1 aromatic carbocycles. The van der Waals surface area contributed by atoms with E-state index >= 15 is 0 Å². The van der Waals surface area contributed by atoms with Crippen LogP contribution >= 0.6 is 12.2 Å². The van der Waals surface area contributed by atoms with Crippen molar-refractivity contribution in [3.8, 4) is 11.3 Å². The van der Waals surface area contributed by atoms with Gasteiger partial charge in [0.25, 0.3) is 0 Å². The van der Waals surface area contributed by atoms with Crippen LogP contribution in [0.15, 0.2) is 47.2 Å². The maximum atomic E-state index is 5.53. The molecule has 0 radical (unpaired) electrons. The molecule has 4 heteroatoms. The molecule has 0 fully saturated rings. The highest BCUT2D eigenvalue weighted by Crippen LogP contribution is 2.25. The van der Waals surface area contributed by atoms with Gasteiger partial charge in [-0.05, 0) is 18.2 Å². The van der Waals surface area contributed by atoms with Crippen LogP contribution in [0, 0.1) is 4.51 Å². The van der Waals surface area contributed by atoms with Crippen LogP contribution in [0.3, 0.4) is 0 Å². The third-order valence-electron chi connectivity index (χ3n) is 2.46. The predicted molar refractivity (Wildman–Crippen MR) is 64.6 cm³/mol. The third kappa shape index (κ3) is 1.35. The summed E-state index contributed by atoms with van der Waals surface area (Å²) < 4.78 is 6.30. The SMILES string of the molecule is S=c1c(-c2cc[nH]n2)coc2ccccc12. The Labute approximate surface area is 96.7 Å². The van der Waals surface area contributed by atoms with Crippen molar-refractivity contribution in [2.75, 3.05) is 0 Å². The number of fused-ring (bicyclic) bond motifs is 1. The van der Waals surface area contributed by atoms with Gasteiger partial charge in [-0.2, -0.15) is 5.10 Å². The van der Waals surface area contributed by atoms with Crippen LogP contribution in [0.25, 0.3) is 22.2 Å². The van der Waals surface area contributed by atoms with E-state index in [2.05, 4.69) is 10.2 Å². The first kappa shape index (κ1) is 9.30. The number of hydrogen-bond acceptors (Lipinski definition) is 3. The van der Waals surface area contributed by atoms with Crippen molar-refractivity contribution < 1.29 is 4.42 Å². The van der Waals surface area contributed by atoms with E-state index in [1.807, 2.05) is 30.3 Å². The summed E-state index contributed by atoms with van der Waals surface area (Å²) in [5, 5.41) is 7.81. The van der Waals surface area contributed by atoms with Crippen molar-refractivity contribution in [3.05, 3.63) is 47.3 Å². The Morgan fingerprint density at radius 3 is 2.88 bits per heavy atom. The Morgan fingerprint density at radius 2 is 2.06 bits per heavy atom. The number of aromatic nitrogens is 2. The topological polar surface area (TPSA) is 41.8 Å². The highest BCUT2D eigenvalue weighted by Gasteiger charge is 2.06. The first-order valence-corrected chi connectivity index (χ1v) is 5.28. The molecule has 0 aliphatic carbocycles. The molecule has 1 N–H and O–H groups in total. The van der Waals surface area contributed by atoms with E-state index in [0.717, 1.165) is 26.7 Å². The minimum Gasteiger partial charge on any atom is -0.464 e. The molecule has 0 amide bonds. The molecule has 3 rings (SSSR count). The molecule has 0 bridgehead atoms. The largest absolute Gasteiger partial charge is 0.464 e. The molecule has 0 aliphatic rings. The second-order valence-corrected chi connectivity index (χ2v) is 3.84. The van der Waals surface area contributed by atoms with Gasteiger partial charge in [-0.3, -0.25) is 5.10 Å². The van der Waals surface area contributed by atoms with Gasteiger partial charge in [-0.25, -0.2) is 0 Å². The lowest BCUT2D eigenvalue weighted by Gasteiger charge is -2.00. The number of hydrogen-bond donors (Lipinski definition) is 1. The van der Waals surface area contributed by atoms with Gasteiger partial charge in [-0.1, -0.05) is 24.4 Å². The molecule has 2 heterocycles. The van der Waals surface area contributed by atoms with Crippen molar-refractivity contribution >= 4 is 23.2 Å². The Morgan fingerprint density at radius 1 is 1.19 bits per heavy atom. The van der Waals surface area contributed by atoms with Gasteiger partial charge < -0.3 is 4.42 Å². The Kier molecular flexibility index (Phi) is 2.08. The van der Waals surface area contributed by atoms with Gasteiger partial charge in [0.05, 0.1) is 15.8 Å². The number of nitrogens with one attached hydrogen (secondary N) is 1. The molecule has 0 aliphatic heterocycles. The van der Waals surface area contributed by atoms with Gasteiger partial charge >= 0.3 is 0 Å². The average Bonchev–Trinajstić information content (AvgIpc) is 2.83. The maximum Gasteiger partial charge on any atom is 0.135 e. The van der Waals surface area contributed by atoms with Gasteiger partial charge in [-0.15, -0.1) is 0 Å². The first-order valence-electron chi connectivity index (χ1n) is 4.87. The number of H-pyrrole nitrogens is 1. The van der Waals surface area contributed by atoms with E-state index in [1.165, 1.54) is 0 Å². The van der Waals surface area contributed by atoms with Crippen molar-refractivity contribution in [1.82, 2.24) is 10.2 Å². The molecule has 78 valence electrons. The molecular weight excluding hydrogens is 220 g/mol. The highest BCUT2D eigenvalue weighted by atomic mass is 32.1. The van der Waals surface area contributed by atoms with Crippen molar-refractivity contribution in [2.45, 2.75) is 0 Å². The quantitative estimate of drug-likeness (QED) is 0.647. The van der Waals surface area contributed by atoms with Crippen LogP contribution in [0.2, 0.25) is 0 Å². The maximum absolute atomic E-state index is 5.53. The fourth-order valence-electron chi connectivity index (χ4n) is 1.66. The molecule has 0 saturated carbocycles. The molecule has 0 unspecified atom stereocenters. The van der Waals surface area contributed by atoms with Gasteiger partial charge in [0, 0.05) is 11.6 Å². The van der Waals surface area contributed by atoms with E-state index in [9.17, 15) is 0 Å². The summed E-state index contributed by atoms with van der Waals surface area (Å²) in [6.45, 7) is 0. The molecule has 0 atom stereocenters. The van der Waals surface area contributed by atoms with E-state index in [-0.39, 0.29) is 0 Å². The van der Waals surface area contributed by atoms with Crippen LogP contribution in [-0.4, -0.2) is 10.2 Å². The minimum atomic E-state index is 0.772. The zero-order valence-corrected chi connectivity index (χ0v) is 9.12. The molecule has 2 aromatic heterocycles. The Bertz CT molecular complexity index is 686. The van der Waals surface area contributed by atoms with Crippen LogP contribution in [-0.2, 0) is 0 Å². The van der Waals surface area contributed by atoms with Crippen LogP contribution in [0.5, 0.6) is 0 Å². The lowest BCUT2D eigenvalue weighted by atomic mass is 10.1. The van der Waals surface area contributed by atoms with Crippen LogP contribution in [0.4, 0.5) is 0 Å². The lowest BCUT2D eigenvalue weighted by Crippen LogP contribution is -1.82. The number of benzene rings is 1. The first-order chi connectivity index (χ1) is 7.86. The third-order valence-corrected chi connectivity index (χ3v) is 2.90. The van der Waals surface area contributed by atoms with E-state index in [1.54, 1.807) is 12.5 Å². The normalized spacial score (nSPS) is 10.8. The summed E-state index contributed by atoms with van der Waals surface area (Å²) >= 11 is 5.43. The number of nitrogens with zero attached hydrogens (tertiary/aromatic N) is 1. The van der Waals surface area contributed by atoms with Crippen molar-refractivity contribution in [2.24, 2.45) is 0 Å². The number of rotatable bonds is 1. The van der Waals surface area contributed by atoms with Crippen molar-refractivity contribution in [3.63, 3.8) is 0 Å². The number of para-hydroxylation sites is 1. The Hall–Kier alpha value is -1.94. The predicted octanol–water partition coefficient (Wildman–Crippen LogP) is 3.55. The second-order valence-electron chi connectivity index (χ2n) is 3.43. The molecule has 0 saturated heterocycles. The number of aromatic amines is 1. The van der Waals surface area contributed by atoms with Gasteiger partial charge in [0.2, 0.25) is 0 Å². The summed E-state index contributed by atoms with van der Waals surface area (Å²) in [4.78, 5) is 0. The lowest BCUT2D eigenvalue weighted by molar-refractivity contribution is 0.605. The molecular formula is C12H8N2OS. The molecule has 16 heavy (non-hydrogen) atoms. The summed E-state index contributed by atoms with van der Waals surface area (Å²) in [6.07, 6.45) is 3.42. The smallest absolute Gasteiger partial charge is 0.135 e. The Balaban J connectivity index is 2.37. The standard InChI is InChI=1S/C12H8N2OS/c16-12-8-3-1-2-4-11(8)15-7-9(12)10-5-6-13-14-10/h1-7H,(H,13,14). The van der Waals surface area contributed by atoms with Crippen LogP contribution in [0.1, 0.15) is 0 Å². The van der Waals surface area contributed by atoms with Gasteiger partial charge in [0.15, 0.2) is 0 Å². The zero-order chi connectivity index (χ0) is 11.0. The second kappa shape index (κ2) is 3.57. The highest BCUT2D eigenvalue weighted by molar-refractivity contribution is 7.71. The average molecular weight is 228 g/mol. The monoisotopic (exact) mass is 228 g/mol. The summed E-state index contributed by atoms with van der Waals surface area (Å²) in [5.41, 5.74) is 2.45.